The fourth-order valence-corrected chi connectivity index (χ4v) is 2.17. The molecule has 1 heterocycles. The number of carbonyl (C=O) groups excluding carboxylic acids is 1. The Balaban J connectivity index is 1.65. The minimum atomic E-state index is 0.00915. The van der Waals surface area contributed by atoms with Crippen LogP contribution in [0.2, 0.25) is 0 Å². The number of nitrogens with one attached hydrogen (secondary N) is 2. The molecule has 0 saturated carbocycles. The van der Waals surface area contributed by atoms with Gasteiger partial charge in [0.15, 0.2) is 0 Å². The quantitative estimate of drug-likeness (QED) is 0.761. The van der Waals surface area contributed by atoms with Crippen LogP contribution in [-0.2, 0) is 17.8 Å². The Bertz CT molecular complexity index is 719. The molecule has 100 valence electrons. The van der Waals surface area contributed by atoms with Crippen LogP contribution in [0.15, 0.2) is 55.0 Å². The van der Waals surface area contributed by atoms with Gasteiger partial charge in [-0.15, -0.1) is 0 Å². The zero-order valence-electron chi connectivity index (χ0n) is 11.0. The van der Waals surface area contributed by atoms with Gasteiger partial charge in [0.05, 0.1) is 25.0 Å². The minimum absolute atomic E-state index is 0.00915. The van der Waals surface area contributed by atoms with Crippen LogP contribution >= 0.6 is 0 Å². The van der Waals surface area contributed by atoms with Crippen molar-refractivity contribution in [2.75, 3.05) is 0 Å². The maximum absolute atomic E-state index is 11.9. The molecule has 3 rings (SSSR count). The zero-order chi connectivity index (χ0) is 13.8. The SMILES string of the molecule is O=C(Cc1ccc2ccccc2c1)NCc1cnc[nH]1. The van der Waals surface area contributed by atoms with E-state index in [2.05, 4.69) is 33.5 Å². The molecular formula is C16H15N3O. The van der Waals surface area contributed by atoms with Crippen LogP contribution in [0, 0.1) is 0 Å². The molecule has 0 spiro atoms. The third-order valence-electron chi connectivity index (χ3n) is 3.21. The van der Waals surface area contributed by atoms with E-state index in [4.69, 9.17) is 0 Å². The lowest BCUT2D eigenvalue weighted by Gasteiger charge is -2.05. The number of hydrogen-bond acceptors (Lipinski definition) is 2. The molecule has 1 aromatic heterocycles. The van der Waals surface area contributed by atoms with Gasteiger partial charge in [0.1, 0.15) is 0 Å². The van der Waals surface area contributed by atoms with Gasteiger partial charge >= 0.3 is 0 Å². The first-order chi connectivity index (χ1) is 9.81. The fourth-order valence-electron chi connectivity index (χ4n) is 2.17. The van der Waals surface area contributed by atoms with Crippen molar-refractivity contribution >= 4 is 16.7 Å². The largest absolute Gasteiger partial charge is 0.350 e. The first-order valence-corrected chi connectivity index (χ1v) is 6.53. The second kappa shape index (κ2) is 5.57. The van der Waals surface area contributed by atoms with Gasteiger partial charge in [0, 0.05) is 6.20 Å². The second-order valence-electron chi connectivity index (χ2n) is 4.71. The summed E-state index contributed by atoms with van der Waals surface area (Å²) in [4.78, 5) is 18.8. The molecule has 2 N–H and O–H groups in total. The third-order valence-corrected chi connectivity index (χ3v) is 3.21. The number of H-pyrrole nitrogens is 1. The molecule has 0 aliphatic carbocycles. The topological polar surface area (TPSA) is 57.8 Å². The van der Waals surface area contributed by atoms with Crippen LogP contribution in [0.4, 0.5) is 0 Å². The summed E-state index contributed by atoms with van der Waals surface area (Å²) in [6.07, 6.45) is 3.69. The summed E-state index contributed by atoms with van der Waals surface area (Å²) in [6.45, 7) is 0.479. The van der Waals surface area contributed by atoms with Crippen molar-refractivity contribution in [2.45, 2.75) is 13.0 Å². The van der Waals surface area contributed by atoms with Gasteiger partial charge in [-0.2, -0.15) is 0 Å². The van der Waals surface area contributed by atoms with Crippen molar-refractivity contribution < 1.29 is 4.79 Å². The number of hydrogen-bond donors (Lipinski definition) is 2. The van der Waals surface area contributed by atoms with Crippen molar-refractivity contribution in [2.24, 2.45) is 0 Å². The summed E-state index contributed by atoms with van der Waals surface area (Å²) in [6, 6.07) is 14.2. The molecule has 0 unspecified atom stereocenters. The van der Waals surface area contributed by atoms with Crippen molar-refractivity contribution in [3.05, 3.63) is 66.2 Å². The third kappa shape index (κ3) is 2.85. The predicted molar refractivity (Wildman–Crippen MR) is 78.1 cm³/mol. The number of aromatic amines is 1. The van der Waals surface area contributed by atoms with Gasteiger partial charge in [-0.1, -0.05) is 42.5 Å². The molecule has 2 aromatic carbocycles. The van der Waals surface area contributed by atoms with E-state index in [0.717, 1.165) is 16.6 Å². The molecule has 0 radical (unpaired) electrons. The highest BCUT2D eigenvalue weighted by Gasteiger charge is 2.04. The molecule has 20 heavy (non-hydrogen) atoms. The van der Waals surface area contributed by atoms with Gasteiger partial charge < -0.3 is 10.3 Å². The summed E-state index contributed by atoms with van der Waals surface area (Å²) in [5.41, 5.74) is 1.92. The summed E-state index contributed by atoms with van der Waals surface area (Å²) in [7, 11) is 0. The molecule has 0 aliphatic heterocycles. The van der Waals surface area contributed by atoms with E-state index in [9.17, 15) is 4.79 Å². The van der Waals surface area contributed by atoms with Gasteiger partial charge in [0.25, 0.3) is 0 Å². The summed E-state index contributed by atoms with van der Waals surface area (Å²) >= 11 is 0. The molecular weight excluding hydrogens is 250 g/mol. The number of rotatable bonds is 4. The van der Waals surface area contributed by atoms with E-state index < -0.39 is 0 Å². The van der Waals surface area contributed by atoms with Crippen LogP contribution in [0.1, 0.15) is 11.3 Å². The molecule has 0 aliphatic rings. The Kier molecular flexibility index (Phi) is 3.46. The Labute approximate surface area is 116 Å². The van der Waals surface area contributed by atoms with E-state index in [-0.39, 0.29) is 5.91 Å². The zero-order valence-corrected chi connectivity index (χ0v) is 11.0. The molecule has 0 saturated heterocycles. The Hall–Kier alpha value is -2.62. The lowest BCUT2D eigenvalue weighted by Crippen LogP contribution is -2.24. The van der Waals surface area contributed by atoms with Gasteiger partial charge in [-0.3, -0.25) is 4.79 Å². The van der Waals surface area contributed by atoms with Crippen molar-refractivity contribution in [1.82, 2.24) is 15.3 Å². The molecule has 0 fully saturated rings. The van der Waals surface area contributed by atoms with Crippen molar-refractivity contribution in [3.8, 4) is 0 Å². The highest BCUT2D eigenvalue weighted by Crippen LogP contribution is 2.15. The Morgan fingerprint density at radius 3 is 2.80 bits per heavy atom. The first kappa shape index (κ1) is 12.4. The Morgan fingerprint density at radius 2 is 2.00 bits per heavy atom. The number of aromatic nitrogens is 2. The number of amides is 1. The van der Waals surface area contributed by atoms with Crippen molar-refractivity contribution in [3.63, 3.8) is 0 Å². The van der Waals surface area contributed by atoms with Crippen molar-refractivity contribution in [1.29, 1.82) is 0 Å². The molecule has 3 aromatic rings. The average molecular weight is 265 g/mol. The highest BCUT2D eigenvalue weighted by atomic mass is 16.1. The lowest BCUT2D eigenvalue weighted by atomic mass is 10.0. The maximum atomic E-state index is 11.9. The number of benzene rings is 2. The Morgan fingerprint density at radius 1 is 1.15 bits per heavy atom. The van der Waals surface area contributed by atoms with Crippen LogP contribution in [0.3, 0.4) is 0 Å². The smallest absolute Gasteiger partial charge is 0.224 e. The molecule has 1 amide bonds. The fraction of sp³-hybridized carbons (Fsp3) is 0.125. The van der Waals surface area contributed by atoms with Crippen LogP contribution in [0.25, 0.3) is 10.8 Å². The molecule has 0 bridgehead atoms. The molecule has 4 nitrogen and oxygen atoms in total. The average Bonchev–Trinajstić information content (AvgIpc) is 2.98. The molecule has 0 atom stereocenters. The number of fused-ring (bicyclic) bond motifs is 1. The summed E-state index contributed by atoms with van der Waals surface area (Å²) in [5, 5.41) is 5.22. The van der Waals surface area contributed by atoms with Crippen LogP contribution in [-0.4, -0.2) is 15.9 Å². The summed E-state index contributed by atoms with van der Waals surface area (Å²) < 4.78 is 0. The maximum Gasteiger partial charge on any atom is 0.224 e. The highest BCUT2D eigenvalue weighted by molar-refractivity contribution is 5.85. The van der Waals surface area contributed by atoms with E-state index >= 15 is 0 Å². The van der Waals surface area contributed by atoms with Gasteiger partial charge in [-0.25, -0.2) is 4.98 Å². The monoisotopic (exact) mass is 265 g/mol. The minimum Gasteiger partial charge on any atom is -0.350 e. The predicted octanol–water partition coefficient (Wildman–Crippen LogP) is 2.42. The lowest BCUT2D eigenvalue weighted by molar-refractivity contribution is -0.120. The normalized spacial score (nSPS) is 10.6. The van der Waals surface area contributed by atoms with E-state index in [1.54, 1.807) is 12.5 Å². The summed E-state index contributed by atoms with van der Waals surface area (Å²) in [5.74, 6) is 0.00915. The number of imidazole rings is 1. The van der Waals surface area contributed by atoms with Crippen LogP contribution < -0.4 is 5.32 Å². The molecule has 4 heteroatoms. The second-order valence-corrected chi connectivity index (χ2v) is 4.71. The van der Waals surface area contributed by atoms with E-state index in [1.165, 1.54) is 5.39 Å². The first-order valence-electron chi connectivity index (χ1n) is 6.53. The standard InChI is InChI=1S/C16H15N3O/c20-16(18-10-15-9-17-11-19-15)8-12-5-6-13-3-1-2-4-14(13)7-12/h1-7,9,11H,8,10H2,(H,17,19)(H,18,20). The van der Waals surface area contributed by atoms with E-state index in [0.29, 0.717) is 13.0 Å². The number of carbonyl (C=O) groups is 1. The number of nitrogens with zero attached hydrogens (tertiary/aromatic N) is 1. The van der Waals surface area contributed by atoms with Gasteiger partial charge in [0.2, 0.25) is 5.91 Å². The van der Waals surface area contributed by atoms with Gasteiger partial charge in [-0.05, 0) is 16.3 Å². The van der Waals surface area contributed by atoms with E-state index in [1.807, 2.05) is 24.3 Å². The van der Waals surface area contributed by atoms with Crippen LogP contribution in [0.5, 0.6) is 0 Å².